The molecule has 1 aliphatic heterocycles. The molecule has 8 nitrogen and oxygen atoms in total. The summed E-state index contributed by atoms with van der Waals surface area (Å²) in [6.07, 6.45) is 2.56. The highest BCUT2D eigenvalue weighted by Crippen LogP contribution is 2.65. The van der Waals surface area contributed by atoms with Gasteiger partial charge in [0.05, 0.1) is 6.04 Å². The van der Waals surface area contributed by atoms with E-state index in [4.69, 9.17) is 4.74 Å². The molecule has 1 aliphatic carbocycles. The molecular formula is C29H49N3O5. The predicted octanol–water partition coefficient (Wildman–Crippen LogP) is 3.49. The Morgan fingerprint density at radius 3 is 2.27 bits per heavy atom. The minimum Gasteiger partial charge on any atom is -0.368 e. The van der Waals surface area contributed by atoms with E-state index in [9.17, 15) is 19.2 Å². The number of piperidine rings is 1. The van der Waals surface area contributed by atoms with Crippen LogP contribution in [0.15, 0.2) is 12.7 Å². The van der Waals surface area contributed by atoms with Gasteiger partial charge < -0.3 is 20.3 Å². The lowest BCUT2D eigenvalue weighted by Crippen LogP contribution is -2.58. The van der Waals surface area contributed by atoms with Crippen molar-refractivity contribution in [1.29, 1.82) is 0 Å². The molecule has 37 heavy (non-hydrogen) atoms. The smallest absolute Gasteiger partial charge is 0.289 e. The molecule has 2 N–H and O–H groups in total. The fourth-order valence-corrected chi connectivity index (χ4v) is 5.36. The SMILES string of the molecule is C=CCNC(=O)C(=O)C(CCC)NC(=O)C1C2C(CN1C(=O)C(OCCC(C)(C)C)C(C)(C)C)C2(C)C. The average molecular weight is 520 g/mol. The van der Waals surface area contributed by atoms with Gasteiger partial charge in [-0.15, -0.1) is 6.58 Å². The van der Waals surface area contributed by atoms with Crippen molar-refractivity contribution in [3.05, 3.63) is 12.7 Å². The molecule has 0 aromatic carbocycles. The molecule has 1 saturated heterocycles. The van der Waals surface area contributed by atoms with Crippen LogP contribution in [0.25, 0.3) is 0 Å². The first-order valence-electron chi connectivity index (χ1n) is 13.6. The molecule has 5 atom stereocenters. The molecule has 0 aromatic rings. The van der Waals surface area contributed by atoms with Crippen LogP contribution in [0, 0.1) is 28.1 Å². The van der Waals surface area contributed by atoms with E-state index >= 15 is 0 Å². The van der Waals surface area contributed by atoms with Crippen molar-refractivity contribution in [2.45, 2.75) is 99.8 Å². The van der Waals surface area contributed by atoms with E-state index in [1.807, 2.05) is 27.7 Å². The number of carbonyl (C=O) groups excluding carboxylic acids is 4. The standard InChI is InChI=1S/C29H49N3O5/c1-11-13-19(22(33)25(35)30-15-12-2)31-24(34)21-20-18(29(20,9)10)17-32(21)26(36)23(28(6,7)8)37-16-14-27(3,4)5/h12,18-21,23H,2,11,13-17H2,1,3-10H3,(H,30,35)(H,31,34). The topological polar surface area (TPSA) is 105 Å². The molecule has 2 aliphatic rings. The second-order valence-corrected chi connectivity index (χ2v) is 13.5. The Hall–Kier alpha value is -2.22. The Balaban J connectivity index is 2.25. The summed E-state index contributed by atoms with van der Waals surface area (Å²) in [6, 6.07) is -1.64. The Labute approximate surface area is 223 Å². The first kappa shape index (κ1) is 31.0. The van der Waals surface area contributed by atoms with Crippen LogP contribution in [-0.4, -0.2) is 66.3 Å². The number of Topliss-reactive ketones (excluding diaryl/α,β-unsaturated/α-hetero) is 1. The maximum Gasteiger partial charge on any atom is 0.289 e. The maximum atomic E-state index is 13.9. The van der Waals surface area contributed by atoms with E-state index < -0.39 is 35.3 Å². The number of ether oxygens (including phenoxy) is 1. The fraction of sp³-hybridized carbons (Fsp3) is 0.793. The highest BCUT2D eigenvalue weighted by molar-refractivity contribution is 6.38. The Bertz CT molecular complexity index is 883. The Morgan fingerprint density at radius 2 is 1.76 bits per heavy atom. The molecule has 1 heterocycles. The van der Waals surface area contributed by atoms with Gasteiger partial charge in [-0.05, 0) is 40.9 Å². The Kier molecular flexibility index (Phi) is 9.77. The predicted molar refractivity (Wildman–Crippen MR) is 145 cm³/mol. The third-order valence-corrected chi connectivity index (χ3v) is 7.75. The zero-order chi connectivity index (χ0) is 28.3. The number of hydrogen-bond acceptors (Lipinski definition) is 5. The number of fused-ring (bicyclic) bond motifs is 1. The summed E-state index contributed by atoms with van der Waals surface area (Å²) < 4.78 is 6.18. The summed E-state index contributed by atoms with van der Waals surface area (Å²) in [6.45, 7) is 23.1. The monoisotopic (exact) mass is 519 g/mol. The molecule has 0 radical (unpaired) electrons. The fourth-order valence-electron chi connectivity index (χ4n) is 5.36. The quantitative estimate of drug-likeness (QED) is 0.303. The number of nitrogens with one attached hydrogen (secondary N) is 2. The zero-order valence-corrected chi connectivity index (χ0v) is 24.4. The van der Waals surface area contributed by atoms with Crippen LogP contribution in [0.3, 0.4) is 0 Å². The van der Waals surface area contributed by atoms with Crippen LogP contribution in [0.2, 0.25) is 0 Å². The van der Waals surface area contributed by atoms with Crippen molar-refractivity contribution in [2.24, 2.45) is 28.1 Å². The first-order chi connectivity index (χ1) is 17.0. The second-order valence-electron chi connectivity index (χ2n) is 13.5. The number of ketones is 1. The van der Waals surface area contributed by atoms with Crippen molar-refractivity contribution in [3.63, 3.8) is 0 Å². The van der Waals surface area contributed by atoms with Crippen molar-refractivity contribution < 1.29 is 23.9 Å². The molecule has 8 heteroatoms. The molecule has 1 saturated carbocycles. The van der Waals surface area contributed by atoms with E-state index in [2.05, 4.69) is 51.8 Å². The Morgan fingerprint density at radius 1 is 1.14 bits per heavy atom. The van der Waals surface area contributed by atoms with Crippen molar-refractivity contribution >= 4 is 23.5 Å². The van der Waals surface area contributed by atoms with Crippen LogP contribution < -0.4 is 10.6 Å². The number of hydrogen-bond donors (Lipinski definition) is 2. The molecule has 210 valence electrons. The van der Waals surface area contributed by atoms with Gasteiger partial charge in [0.1, 0.15) is 12.1 Å². The normalized spacial score (nSPS) is 24.0. The summed E-state index contributed by atoms with van der Waals surface area (Å²) in [5.74, 6) is -1.79. The van der Waals surface area contributed by atoms with E-state index in [1.54, 1.807) is 4.90 Å². The van der Waals surface area contributed by atoms with Crippen LogP contribution in [-0.2, 0) is 23.9 Å². The van der Waals surface area contributed by atoms with E-state index in [1.165, 1.54) is 6.08 Å². The third-order valence-electron chi connectivity index (χ3n) is 7.75. The van der Waals surface area contributed by atoms with Crippen LogP contribution in [0.1, 0.15) is 81.6 Å². The number of carbonyl (C=O) groups is 4. The minimum absolute atomic E-state index is 0.00128. The van der Waals surface area contributed by atoms with Crippen molar-refractivity contribution in [1.82, 2.24) is 15.5 Å². The number of nitrogens with zero attached hydrogens (tertiary/aromatic N) is 1. The van der Waals surface area contributed by atoms with Gasteiger partial charge in [-0.2, -0.15) is 0 Å². The average Bonchev–Trinajstić information content (AvgIpc) is 3.10. The second kappa shape index (κ2) is 11.7. The summed E-state index contributed by atoms with van der Waals surface area (Å²) in [5, 5.41) is 5.32. The third kappa shape index (κ3) is 7.43. The van der Waals surface area contributed by atoms with Crippen LogP contribution in [0.4, 0.5) is 0 Å². The van der Waals surface area contributed by atoms with Gasteiger partial charge in [0, 0.05) is 19.7 Å². The minimum atomic E-state index is -0.943. The molecule has 3 amide bonds. The van der Waals surface area contributed by atoms with Crippen molar-refractivity contribution in [3.8, 4) is 0 Å². The van der Waals surface area contributed by atoms with Gasteiger partial charge in [-0.3, -0.25) is 19.2 Å². The molecule has 0 spiro atoms. The van der Waals surface area contributed by atoms with Crippen molar-refractivity contribution in [2.75, 3.05) is 19.7 Å². The zero-order valence-electron chi connectivity index (χ0n) is 24.4. The van der Waals surface area contributed by atoms with E-state index in [-0.39, 0.29) is 41.0 Å². The van der Waals surface area contributed by atoms with E-state index in [0.29, 0.717) is 26.0 Å². The summed E-state index contributed by atoms with van der Waals surface area (Å²) in [5.41, 5.74) is -0.455. The lowest BCUT2D eigenvalue weighted by molar-refractivity contribution is -0.157. The summed E-state index contributed by atoms with van der Waals surface area (Å²) in [7, 11) is 0. The lowest BCUT2D eigenvalue weighted by atomic mass is 9.87. The molecule has 5 unspecified atom stereocenters. The highest BCUT2D eigenvalue weighted by Gasteiger charge is 2.69. The molecule has 0 bridgehead atoms. The summed E-state index contributed by atoms with van der Waals surface area (Å²) in [4.78, 5) is 54.3. The van der Waals surface area contributed by atoms with Crippen LogP contribution in [0.5, 0.6) is 0 Å². The maximum absolute atomic E-state index is 13.9. The number of likely N-dealkylation sites (tertiary alicyclic amines) is 1. The van der Waals surface area contributed by atoms with Gasteiger partial charge in [0.25, 0.3) is 11.8 Å². The van der Waals surface area contributed by atoms with Gasteiger partial charge >= 0.3 is 0 Å². The van der Waals surface area contributed by atoms with Gasteiger partial charge in [0.15, 0.2) is 0 Å². The van der Waals surface area contributed by atoms with Gasteiger partial charge in [0.2, 0.25) is 11.7 Å². The summed E-state index contributed by atoms with van der Waals surface area (Å²) >= 11 is 0. The molecule has 2 rings (SSSR count). The molecular weight excluding hydrogens is 470 g/mol. The van der Waals surface area contributed by atoms with Crippen LogP contribution >= 0.6 is 0 Å². The van der Waals surface area contributed by atoms with Gasteiger partial charge in [-0.25, -0.2) is 0 Å². The molecule has 2 fully saturated rings. The van der Waals surface area contributed by atoms with Gasteiger partial charge in [-0.1, -0.05) is 74.8 Å². The van der Waals surface area contributed by atoms with E-state index in [0.717, 1.165) is 6.42 Å². The first-order valence-corrected chi connectivity index (χ1v) is 13.6. The lowest BCUT2D eigenvalue weighted by Gasteiger charge is -2.37. The largest absolute Gasteiger partial charge is 0.368 e. The molecule has 0 aromatic heterocycles. The number of amides is 3. The number of rotatable bonds is 12. The highest BCUT2D eigenvalue weighted by atomic mass is 16.5.